The van der Waals surface area contributed by atoms with Gasteiger partial charge in [-0.25, -0.2) is 4.98 Å². The molecule has 0 bridgehead atoms. The van der Waals surface area contributed by atoms with E-state index in [4.69, 9.17) is 21.3 Å². The zero-order chi connectivity index (χ0) is 16.5. The van der Waals surface area contributed by atoms with Crippen LogP contribution < -0.4 is 4.74 Å². The van der Waals surface area contributed by atoms with Gasteiger partial charge in [-0.15, -0.1) is 0 Å². The van der Waals surface area contributed by atoms with Crippen LogP contribution in [0.25, 0.3) is 28.1 Å². The van der Waals surface area contributed by atoms with E-state index < -0.39 is 0 Å². The number of halogens is 1. The zero-order valence-corrected chi connectivity index (χ0v) is 13.9. The van der Waals surface area contributed by atoms with Crippen LogP contribution in [-0.2, 0) is 0 Å². The summed E-state index contributed by atoms with van der Waals surface area (Å²) in [5, 5.41) is 0.710. The fourth-order valence-electron chi connectivity index (χ4n) is 2.81. The first-order valence-corrected chi connectivity index (χ1v) is 8.02. The van der Waals surface area contributed by atoms with Gasteiger partial charge in [0.25, 0.3) is 0 Å². The highest BCUT2D eigenvalue weighted by Crippen LogP contribution is 2.31. The Morgan fingerprint density at radius 1 is 0.917 bits per heavy atom. The van der Waals surface area contributed by atoms with E-state index in [-0.39, 0.29) is 0 Å². The van der Waals surface area contributed by atoms with E-state index >= 15 is 0 Å². The van der Waals surface area contributed by atoms with Crippen LogP contribution in [-0.4, -0.2) is 16.7 Å². The van der Waals surface area contributed by atoms with Crippen LogP contribution in [0.4, 0.5) is 0 Å². The monoisotopic (exact) mass is 334 g/mol. The first-order valence-electron chi connectivity index (χ1n) is 7.64. The van der Waals surface area contributed by atoms with E-state index in [1.54, 1.807) is 7.11 Å². The Morgan fingerprint density at radius 3 is 2.38 bits per heavy atom. The van der Waals surface area contributed by atoms with Crippen LogP contribution in [0.1, 0.15) is 0 Å². The fraction of sp³-hybridized carbons (Fsp3) is 0.0500. The van der Waals surface area contributed by atoms with Gasteiger partial charge in [-0.3, -0.25) is 4.57 Å². The number of hydrogen-bond acceptors (Lipinski definition) is 2. The molecule has 0 atom stereocenters. The third-order valence-electron chi connectivity index (χ3n) is 3.98. The van der Waals surface area contributed by atoms with Gasteiger partial charge in [-0.1, -0.05) is 41.9 Å². The predicted octanol–water partition coefficient (Wildman–Crippen LogP) is 5.35. The van der Waals surface area contributed by atoms with Crippen molar-refractivity contribution in [1.82, 2.24) is 9.55 Å². The summed E-state index contributed by atoms with van der Waals surface area (Å²) >= 11 is 6.05. The minimum absolute atomic E-state index is 0.710. The minimum Gasteiger partial charge on any atom is -0.497 e. The molecule has 0 unspecified atom stereocenters. The Bertz CT molecular complexity index is 992. The number of nitrogens with zero attached hydrogens (tertiary/aromatic N) is 2. The van der Waals surface area contributed by atoms with Crippen molar-refractivity contribution in [3.8, 4) is 22.8 Å². The van der Waals surface area contributed by atoms with Crippen molar-refractivity contribution >= 4 is 22.6 Å². The number of rotatable bonds is 3. The first kappa shape index (κ1) is 14.8. The van der Waals surface area contributed by atoms with Crippen LogP contribution >= 0.6 is 11.6 Å². The van der Waals surface area contributed by atoms with Gasteiger partial charge in [-0.2, -0.15) is 0 Å². The molecular weight excluding hydrogens is 320 g/mol. The minimum atomic E-state index is 0.710. The van der Waals surface area contributed by atoms with Crippen LogP contribution in [0.2, 0.25) is 5.02 Å². The van der Waals surface area contributed by atoms with E-state index in [0.29, 0.717) is 5.02 Å². The summed E-state index contributed by atoms with van der Waals surface area (Å²) in [7, 11) is 1.67. The van der Waals surface area contributed by atoms with Crippen molar-refractivity contribution in [1.29, 1.82) is 0 Å². The topological polar surface area (TPSA) is 27.1 Å². The first-order chi connectivity index (χ1) is 11.8. The number of hydrogen-bond donors (Lipinski definition) is 0. The summed E-state index contributed by atoms with van der Waals surface area (Å²) in [6.07, 6.45) is 0. The quantitative estimate of drug-likeness (QED) is 0.504. The fourth-order valence-corrected chi connectivity index (χ4v) is 2.94. The second-order valence-electron chi connectivity index (χ2n) is 5.47. The highest BCUT2D eigenvalue weighted by Gasteiger charge is 2.14. The number of fused-ring (bicyclic) bond motifs is 1. The van der Waals surface area contributed by atoms with Crippen molar-refractivity contribution < 1.29 is 4.74 Å². The summed E-state index contributed by atoms with van der Waals surface area (Å²) in [5.41, 5.74) is 3.98. The molecule has 118 valence electrons. The summed E-state index contributed by atoms with van der Waals surface area (Å²) in [6, 6.07) is 23.8. The van der Waals surface area contributed by atoms with Gasteiger partial charge in [0.1, 0.15) is 11.6 Å². The van der Waals surface area contributed by atoms with Gasteiger partial charge in [0.2, 0.25) is 0 Å². The molecule has 4 rings (SSSR count). The lowest BCUT2D eigenvalue weighted by Crippen LogP contribution is -1.97. The molecule has 0 saturated carbocycles. The Morgan fingerprint density at radius 2 is 1.67 bits per heavy atom. The van der Waals surface area contributed by atoms with Gasteiger partial charge in [0, 0.05) is 22.3 Å². The highest BCUT2D eigenvalue weighted by molar-refractivity contribution is 6.30. The Kier molecular flexibility index (Phi) is 3.71. The zero-order valence-electron chi connectivity index (χ0n) is 13.1. The molecule has 24 heavy (non-hydrogen) atoms. The molecule has 0 N–H and O–H groups in total. The lowest BCUT2D eigenvalue weighted by atomic mass is 10.2. The maximum Gasteiger partial charge on any atom is 0.145 e. The molecule has 3 nitrogen and oxygen atoms in total. The molecule has 1 aromatic heterocycles. The van der Waals surface area contributed by atoms with E-state index in [1.807, 2.05) is 60.7 Å². The van der Waals surface area contributed by atoms with Gasteiger partial charge >= 0.3 is 0 Å². The number of aromatic nitrogens is 2. The van der Waals surface area contributed by atoms with Crippen molar-refractivity contribution in [3.63, 3.8) is 0 Å². The predicted molar refractivity (Wildman–Crippen MR) is 98.1 cm³/mol. The number of benzene rings is 3. The third kappa shape index (κ3) is 2.53. The van der Waals surface area contributed by atoms with Crippen LogP contribution in [0, 0.1) is 0 Å². The standard InChI is InChI=1S/C20H15ClN2O/c1-24-17-11-12-18-19(13-17)23(16-9-7-15(21)8-10-16)20(22-18)14-5-3-2-4-6-14/h2-13H,1H3. The van der Waals surface area contributed by atoms with Crippen LogP contribution in [0.5, 0.6) is 5.75 Å². The maximum atomic E-state index is 6.05. The lowest BCUT2D eigenvalue weighted by Gasteiger charge is -2.10. The normalized spacial score (nSPS) is 10.9. The molecule has 0 saturated heterocycles. The van der Waals surface area contributed by atoms with E-state index in [2.05, 4.69) is 16.7 Å². The number of imidazole rings is 1. The van der Waals surface area contributed by atoms with Gasteiger partial charge in [-0.05, 0) is 36.4 Å². The van der Waals surface area contributed by atoms with Crippen molar-refractivity contribution in [2.45, 2.75) is 0 Å². The van der Waals surface area contributed by atoms with E-state index in [1.165, 1.54) is 0 Å². The average Bonchev–Trinajstić information content (AvgIpc) is 3.01. The molecule has 1 heterocycles. The molecule has 4 heteroatoms. The molecule has 0 fully saturated rings. The lowest BCUT2D eigenvalue weighted by molar-refractivity contribution is 0.415. The molecule has 0 aliphatic rings. The average molecular weight is 335 g/mol. The summed E-state index contributed by atoms with van der Waals surface area (Å²) < 4.78 is 7.51. The molecule has 0 aliphatic heterocycles. The van der Waals surface area contributed by atoms with Crippen molar-refractivity contribution in [2.75, 3.05) is 7.11 Å². The largest absolute Gasteiger partial charge is 0.497 e. The number of ether oxygens (including phenoxy) is 1. The smallest absolute Gasteiger partial charge is 0.145 e. The summed E-state index contributed by atoms with van der Waals surface area (Å²) in [5.74, 6) is 1.69. The Balaban J connectivity index is 2.04. The van der Waals surface area contributed by atoms with Gasteiger partial charge < -0.3 is 4.74 Å². The molecule has 4 aromatic rings. The molecular formula is C20H15ClN2O. The van der Waals surface area contributed by atoms with E-state index in [9.17, 15) is 0 Å². The van der Waals surface area contributed by atoms with Gasteiger partial charge in [0.15, 0.2) is 0 Å². The van der Waals surface area contributed by atoms with Crippen LogP contribution in [0.15, 0.2) is 72.8 Å². The summed E-state index contributed by atoms with van der Waals surface area (Å²) in [6.45, 7) is 0. The maximum absolute atomic E-state index is 6.05. The van der Waals surface area contributed by atoms with Crippen molar-refractivity contribution in [2.24, 2.45) is 0 Å². The molecule has 0 radical (unpaired) electrons. The molecule has 0 spiro atoms. The Hall–Kier alpha value is -2.78. The van der Waals surface area contributed by atoms with Crippen LogP contribution in [0.3, 0.4) is 0 Å². The van der Waals surface area contributed by atoms with E-state index in [0.717, 1.165) is 33.9 Å². The highest BCUT2D eigenvalue weighted by atomic mass is 35.5. The summed E-state index contributed by atoms with van der Waals surface area (Å²) in [4.78, 5) is 4.83. The van der Waals surface area contributed by atoms with Gasteiger partial charge in [0.05, 0.1) is 18.1 Å². The SMILES string of the molecule is COc1ccc2nc(-c3ccccc3)n(-c3ccc(Cl)cc3)c2c1. The third-order valence-corrected chi connectivity index (χ3v) is 4.23. The van der Waals surface area contributed by atoms with Crippen molar-refractivity contribution in [3.05, 3.63) is 77.8 Å². The second kappa shape index (κ2) is 6.02. The molecule has 0 amide bonds. The molecule has 0 aliphatic carbocycles. The second-order valence-corrected chi connectivity index (χ2v) is 5.90. The Labute approximate surface area is 145 Å². The molecule has 3 aromatic carbocycles. The number of methoxy groups -OCH3 is 1.